The van der Waals surface area contributed by atoms with Gasteiger partial charge in [-0.2, -0.15) is 0 Å². The molecule has 0 atom stereocenters. The zero-order chi connectivity index (χ0) is 0. The fraction of sp³-hybridized carbons (Fsp3) is 0. The third kappa shape index (κ3) is 618. The molecule has 0 unspecified atom stereocenters. The maximum Gasteiger partial charge on any atom is 0 e. The first-order valence-corrected chi connectivity index (χ1v) is 0. The first kappa shape index (κ1) is 661. The molecule has 0 aromatic rings. The van der Waals surface area contributed by atoms with Crippen molar-refractivity contribution in [3.8, 4) is 0 Å². The smallest absolute Gasteiger partial charge is 0 e. The van der Waals surface area contributed by atoms with Gasteiger partial charge in [-0.3, -0.25) is 0 Å². The van der Waals surface area contributed by atoms with Gasteiger partial charge in [0.25, 0.3) is 0 Å². The second kappa shape index (κ2) is 639. The van der Waals surface area contributed by atoms with Crippen molar-refractivity contribution in [2.75, 3.05) is 0 Å². The molecule has 0 heterocycles. The summed E-state index contributed by atoms with van der Waals surface area (Å²) in [5, 5.41) is 0. The van der Waals surface area contributed by atoms with Crippen molar-refractivity contribution in [2.24, 2.45) is 0 Å². The van der Waals surface area contributed by atoms with Crippen LogP contribution in [0.4, 0.5) is 0 Å². The molecule has 0 N–H and O–H groups in total. The molecule has 0 saturated carbocycles. The van der Waals surface area contributed by atoms with E-state index in [2.05, 4.69) is 0 Å². The normalized spacial score (nSPS) is 0. The van der Waals surface area contributed by atoms with E-state index < -0.39 is 0 Å². The molecular formula is V58. The zero-order valence-electron chi connectivity index (χ0n) is 25.9. The third-order valence-electron chi connectivity index (χ3n) is 0. The Bertz CT molecular complexity index is 0. The van der Waals surface area contributed by atoms with Crippen LogP contribution in [0.1, 0.15) is 0 Å². The van der Waals surface area contributed by atoms with Crippen molar-refractivity contribution in [3.05, 3.63) is 0 Å². The number of rotatable bonds is 0. The standard InChI is InChI=1S/58V. The maximum atomic E-state index is 0. The SMILES string of the molecule is [V].[V].[V].[V].[V].[V].[V].[V].[V].[V].[V].[V].[V].[V].[V].[V].[V].[V].[V].[V].[V].[V].[V].[V].[V].[V].[V].[V].[V].[V].[V].[V].[V].[V].[V].[V].[V].[V].[V].[V].[V].[V].[V].[V].[V].[V].[V].[V].[V].[V].[V].[V].[V].[V].[V].[V].[V].[V]. The minimum absolute atomic E-state index is 0. The van der Waals surface area contributed by atoms with Gasteiger partial charge in [0, 0.05) is 1080 Å². The van der Waals surface area contributed by atoms with Crippen molar-refractivity contribution >= 4 is 0 Å². The molecule has 58 heavy (non-hydrogen) atoms. The van der Waals surface area contributed by atoms with E-state index in [-0.39, 0.29) is 1080 Å². The Hall–Kier alpha value is 33.9. The second-order valence-corrected chi connectivity index (χ2v) is 0. The molecule has 0 saturated heterocycles. The molecule has 0 aliphatic rings. The van der Waals surface area contributed by atoms with Crippen LogP contribution in [0.2, 0.25) is 0 Å². The van der Waals surface area contributed by atoms with Gasteiger partial charge in [-0.15, -0.1) is 0 Å². The minimum Gasteiger partial charge on any atom is 0 e. The van der Waals surface area contributed by atoms with Crippen LogP contribution in [0.25, 0.3) is 0 Å². The summed E-state index contributed by atoms with van der Waals surface area (Å²) < 4.78 is 0. The molecule has 0 rings (SSSR count). The van der Waals surface area contributed by atoms with E-state index in [1.165, 1.54) is 0 Å². The summed E-state index contributed by atoms with van der Waals surface area (Å²) in [4.78, 5) is 0. The van der Waals surface area contributed by atoms with E-state index in [1.807, 2.05) is 0 Å². The molecule has 0 amide bonds. The van der Waals surface area contributed by atoms with Gasteiger partial charge in [0.1, 0.15) is 0 Å². The molecule has 0 aromatic heterocycles. The molecule has 0 nitrogen and oxygen atoms in total. The quantitative estimate of drug-likeness (QED) is 0.318. The summed E-state index contributed by atoms with van der Waals surface area (Å²) >= 11 is 0. The maximum absolute atomic E-state index is 0. The van der Waals surface area contributed by atoms with Crippen molar-refractivity contribution in [1.82, 2.24) is 0 Å². The Labute approximate surface area is 1050 Å². The zero-order valence-corrected chi connectivity index (χ0v) is 107. The van der Waals surface area contributed by atoms with Gasteiger partial charge in [-0.25, -0.2) is 0 Å². The minimum atomic E-state index is 0. The molecule has 0 bridgehead atoms. The number of hydrogen-bond donors (Lipinski definition) is 0. The molecular weight excluding hydrogens is 2950 g/mol. The van der Waals surface area contributed by atoms with Crippen LogP contribution in [0, 0.1) is 0 Å². The van der Waals surface area contributed by atoms with E-state index >= 15 is 0 Å². The predicted molar refractivity (Wildman–Crippen MR) is 0 cm³/mol. The van der Waals surface area contributed by atoms with E-state index in [0.717, 1.165) is 0 Å². The fourth-order valence-corrected chi connectivity index (χ4v) is 0. The predicted octanol–water partition coefficient (Wildman–Crippen LogP) is -0.145. The molecule has 0 aliphatic heterocycles. The number of hydrogen-bond acceptors (Lipinski definition) is 0. The largest absolute Gasteiger partial charge is 0 e. The summed E-state index contributed by atoms with van der Waals surface area (Å²) in [5.41, 5.74) is 0. The summed E-state index contributed by atoms with van der Waals surface area (Å²) in [5.74, 6) is 0. The summed E-state index contributed by atoms with van der Waals surface area (Å²) in [6.07, 6.45) is 0. The third-order valence-corrected chi connectivity index (χ3v) is 0. The van der Waals surface area contributed by atoms with Crippen LogP contribution in [-0.4, -0.2) is 0 Å². The van der Waals surface area contributed by atoms with Crippen LogP contribution in [0.3, 0.4) is 0 Å². The molecule has 58 heteroatoms. The van der Waals surface area contributed by atoms with Crippen molar-refractivity contribution in [2.45, 2.75) is 0 Å². The average Bonchev–Trinajstić information content (AvgIpc) is 0. The average molecular weight is 2950 g/mol. The second-order valence-electron chi connectivity index (χ2n) is 0. The molecule has 58 radical (unpaired) electrons. The van der Waals surface area contributed by atoms with Crippen molar-refractivity contribution in [1.29, 1.82) is 0 Å². The fourth-order valence-electron chi connectivity index (χ4n) is 0. The van der Waals surface area contributed by atoms with Gasteiger partial charge in [0.2, 0.25) is 0 Å². The van der Waals surface area contributed by atoms with E-state index in [1.54, 1.807) is 0 Å². The van der Waals surface area contributed by atoms with Gasteiger partial charge in [0.15, 0.2) is 0 Å². The van der Waals surface area contributed by atoms with Gasteiger partial charge in [0.05, 0.1) is 0 Å². The van der Waals surface area contributed by atoms with Crippen molar-refractivity contribution < 1.29 is 1080 Å². The van der Waals surface area contributed by atoms with E-state index in [4.69, 9.17) is 0 Å². The first-order chi connectivity index (χ1) is 0. The Morgan fingerprint density at radius 2 is 0.0172 bits per heavy atom. The van der Waals surface area contributed by atoms with Gasteiger partial charge in [-0.1, -0.05) is 0 Å². The van der Waals surface area contributed by atoms with E-state index in [0.29, 0.717) is 0 Å². The van der Waals surface area contributed by atoms with Crippen LogP contribution < -0.4 is 0 Å². The van der Waals surface area contributed by atoms with Crippen LogP contribution in [0.15, 0.2) is 0 Å². The van der Waals surface area contributed by atoms with Gasteiger partial charge in [-0.05, 0) is 0 Å². The molecule has 0 fully saturated rings. The molecule has 0 spiro atoms. The Kier molecular flexibility index (Phi) is 7280. The van der Waals surface area contributed by atoms with Crippen LogP contribution in [0.5, 0.6) is 0 Å². The Morgan fingerprint density at radius 3 is 0.0172 bits per heavy atom. The topological polar surface area (TPSA) is 0 Å². The first-order valence-electron chi connectivity index (χ1n) is 0. The molecule has 290 valence electrons. The Balaban J connectivity index is 0. The van der Waals surface area contributed by atoms with Gasteiger partial charge < -0.3 is 0 Å². The molecule has 0 aromatic carbocycles. The Morgan fingerprint density at radius 1 is 0.0172 bits per heavy atom. The summed E-state index contributed by atoms with van der Waals surface area (Å²) in [6.45, 7) is 0. The monoisotopic (exact) mass is 2950 g/mol. The van der Waals surface area contributed by atoms with E-state index in [9.17, 15) is 0 Å². The van der Waals surface area contributed by atoms with Crippen molar-refractivity contribution in [3.63, 3.8) is 0 Å². The van der Waals surface area contributed by atoms with Crippen LogP contribution in [-0.2, 0) is 1080 Å². The summed E-state index contributed by atoms with van der Waals surface area (Å²) in [6, 6.07) is 0. The van der Waals surface area contributed by atoms with Gasteiger partial charge >= 0.3 is 0 Å². The van der Waals surface area contributed by atoms with Crippen LogP contribution >= 0.6 is 0 Å². The molecule has 0 aliphatic carbocycles. The summed E-state index contributed by atoms with van der Waals surface area (Å²) in [7, 11) is 0.